The van der Waals surface area contributed by atoms with Gasteiger partial charge >= 0.3 is 0 Å². The summed E-state index contributed by atoms with van der Waals surface area (Å²) in [5, 5.41) is 16.8. The van der Waals surface area contributed by atoms with Crippen LogP contribution in [0.15, 0.2) is 48.5 Å². The molecule has 3 aromatic rings. The average molecular weight is 319 g/mol. The second-order valence-electron chi connectivity index (χ2n) is 6.14. The Hall–Kier alpha value is -3.08. The SMILES string of the molecule is Cc1ccc(-c2n[nH]c3c2[C@H](c2ccc(O)cc2)N(C)C3=O)cc1. The summed E-state index contributed by atoms with van der Waals surface area (Å²) < 4.78 is 0. The molecular weight excluding hydrogens is 302 g/mol. The molecule has 1 aliphatic rings. The number of phenolic OH excluding ortho intramolecular Hbond substituents is 1. The maximum absolute atomic E-state index is 12.6. The maximum Gasteiger partial charge on any atom is 0.272 e. The number of hydrogen-bond donors (Lipinski definition) is 2. The zero-order valence-electron chi connectivity index (χ0n) is 13.4. The van der Waals surface area contributed by atoms with E-state index in [2.05, 4.69) is 10.2 Å². The third kappa shape index (κ3) is 2.09. The van der Waals surface area contributed by atoms with E-state index in [1.165, 1.54) is 5.56 Å². The van der Waals surface area contributed by atoms with Crippen LogP contribution in [0.3, 0.4) is 0 Å². The first-order valence-corrected chi connectivity index (χ1v) is 7.77. The van der Waals surface area contributed by atoms with Crippen LogP contribution in [0.2, 0.25) is 0 Å². The number of hydrogen-bond acceptors (Lipinski definition) is 3. The number of nitrogens with one attached hydrogen (secondary N) is 1. The van der Waals surface area contributed by atoms with E-state index in [1.807, 2.05) is 43.3 Å². The highest BCUT2D eigenvalue weighted by Gasteiger charge is 2.40. The minimum atomic E-state index is -0.219. The van der Waals surface area contributed by atoms with E-state index in [1.54, 1.807) is 24.1 Å². The zero-order valence-corrected chi connectivity index (χ0v) is 13.4. The Balaban J connectivity index is 1.88. The fourth-order valence-corrected chi connectivity index (χ4v) is 3.25. The highest BCUT2D eigenvalue weighted by Crippen LogP contribution is 2.42. The fourth-order valence-electron chi connectivity index (χ4n) is 3.25. The molecule has 4 rings (SSSR count). The molecule has 2 aromatic carbocycles. The Morgan fingerprint density at radius 1 is 1.08 bits per heavy atom. The number of H-pyrrole nitrogens is 1. The Labute approximate surface area is 139 Å². The van der Waals surface area contributed by atoms with Crippen molar-refractivity contribution in [3.63, 3.8) is 0 Å². The van der Waals surface area contributed by atoms with Crippen molar-refractivity contribution >= 4 is 5.91 Å². The Morgan fingerprint density at radius 3 is 2.42 bits per heavy atom. The molecule has 0 bridgehead atoms. The van der Waals surface area contributed by atoms with E-state index in [-0.39, 0.29) is 17.7 Å². The summed E-state index contributed by atoms with van der Waals surface area (Å²) in [7, 11) is 1.78. The van der Waals surface area contributed by atoms with Crippen LogP contribution in [-0.2, 0) is 0 Å². The van der Waals surface area contributed by atoms with Gasteiger partial charge in [-0.2, -0.15) is 5.10 Å². The van der Waals surface area contributed by atoms with Gasteiger partial charge in [-0.25, -0.2) is 0 Å². The van der Waals surface area contributed by atoms with Gasteiger partial charge in [0.15, 0.2) is 0 Å². The second-order valence-corrected chi connectivity index (χ2v) is 6.14. The molecule has 2 N–H and O–H groups in total. The van der Waals surface area contributed by atoms with Crippen molar-refractivity contribution in [3.8, 4) is 17.0 Å². The standard InChI is InChI=1S/C19H17N3O2/c1-11-3-5-12(6-4-11)16-15-17(21-20-16)19(24)22(2)18(15)13-7-9-14(23)10-8-13/h3-10,18,23H,1-2H3,(H,20,21)/t18-/m0/s1. The lowest BCUT2D eigenvalue weighted by molar-refractivity contribution is 0.0788. The Kier molecular flexibility index (Phi) is 3.16. The first kappa shape index (κ1) is 14.5. The molecule has 120 valence electrons. The summed E-state index contributed by atoms with van der Waals surface area (Å²) in [6.07, 6.45) is 0. The molecule has 0 unspecified atom stereocenters. The first-order valence-electron chi connectivity index (χ1n) is 7.77. The molecule has 0 aliphatic carbocycles. The number of aromatic amines is 1. The highest BCUT2D eigenvalue weighted by atomic mass is 16.3. The van der Waals surface area contributed by atoms with Gasteiger partial charge in [-0.15, -0.1) is 0 Å². The lowest BCUT2D eigenvalue weighted by atomic mass is 9.96. The average Bonchev–Trinajstić information content (AvgIpc) is 3.10. The van der Waals surface area contributed by atoms with E-state index >= 15 is 0 Å². The number of carbonyl (C=O) groups is 1. The van der Waals surface area contributed by atoms with Crippen molar-refractivity contribution in [1.82, 2.24) is 15.1 Å². The van der Waals surface area contributed by atoms with E-state index < -0.39 is 0 Å². The van der Waals surface area contributed by atoms with Crippen molar-refractivity contribution in [1.29, 1.82) is 0 Å². The number of aromatic nitrogens is 2. The minimum absolute atomic E-state index is 0.0751. The maximum atomic E-state index is 12.6. The number of benzene rings is 2. The van der Waals surface area contributed by atoms with Crippen LogP contribution in [0.5, 0.6) is 5.75 Å². The molecule has 0 saturated carbocycles. The Morgan fingerprint density at radius 2 is 1.75 bits per heavy atom. The zero-order chi connectivity index (χ0) is 16.8. The summed E-state index contributed by atoms with van der Waals surface area (Å²) in [4.78, 5) is 14.3. The van der Waals surface area contributed by atoms with Crippen LogP contribution in [0.1, 0.15) is 33.2 Å². The molecule has 0 spiro atoms. The summed E-state index contributed by atoms with van der Waals surface area (Å²) >= 11 is 0. The van der Waals surface area contributed by atoms with Gasteiger partial charge in [0.05, 0.1) is 11.7 Å². The van der Waals surface area contributed by atoms with Gasteiger partial charge in [0.25, 0.3) is 5.91 Å². The summed E-state index contributed by atoms with van der Waals surface area (Å²) in [6, 6.07) is 14.8. The van der Waals surface area contributed by atoms with Crippen LogP contribution >= 0.6 is 0 Å². The number of amides is 1. The Bertz CT molecular complexity index is 911. The largest absolute Gasteiger partial charge is 0.508 e. The summed E-state index contributed by atoms with van der Waals surface area (Å²) in [6.45, 7) is 2.04. The fraction of sp³-hybridized carbons (Fsp3) is 0.158. The molecule has 1 atom stereocenters. The molecular formula is C19H17N3O2. The number of aromatic hydroxyl groups is 1. The predicted octanol–water partition coefficient (Wildman–Crippen LogP) is 3.27. The highest BCUT2D eigenvalue weighted by molar-refractivity contribution is 6.00. The normalized spacial score (nSPS) is 16.5. The first-order chi connectivity index (χ1) is 11.6. The van der Waals surface area contributed by atoms with Crippen molar-refractivity contribution < 1.29 is 9.90 Å². The van der Waals surface area contributed by atoms with E-state index in [0.717, 1.165) is 22.4 Å². The van der Waals surface area contributed by atoms with Crippen LogP contribution < -0.4 is 0 Å². The molecule has 5 heteroatoms. The lowest BCUT2D eigenvalue weighted by Crippen LogP contribution is -2.24. The smallest absolute Gasteiger partial charge is 0.272 e. The number of nitrogens with zero attached hydrogens (tertiary/aromatic N) is 2. The van der Waals surface area contributed by atoms with Crippen LogP contribution in [0.25, 0.3) is 11.3 Å². The molecule has 24 heavy (non-hydrogen) atoms. The molecule has 1 amide bonds. The number of fused-ring (bicyclic) bond motifs is 1. The van der Waals surface area contributed by atoms with Crippen LogP contribution in [0, 0.1) is 6.92 Å². The van der Waals surface area contributed by atoms with E-state index in [4.69, 9.17) is 0 Å². The molecule has 1 aromatic heterocycles. The van der Waals surface area contributed by atoms with Crippen molar-refractivity contribution in [3.05, 3.63) is 70.9 Å². The van der Waals surface area contributed by atoms with Crippen molar-refractivity contribution in [2.45, 2.75) is 13.0 Å². The topological polar surface area (TPSA) is 69.2 Å². The quantitative estimate of drug-likeness (QED) is 0.761. The van der Waals surface area contributed by atoms with Crippen molar-refractivity contribution in [2.24, 2.45) is 0 Å². The minimum Gasteiger partial charge on any atom is -0.508 e. The van der Waals surface area contributed by atoms with E-state index in [9.17, 15) is 9.90 Å². The predicted molar refractivity (Wildman–Crippen MR) is 90.8 cm³/mol. The van der Waals surface area contributed by atoms with Gasteiger partial charge in [-0.05, 0) is 24.6 Å². The number of rotatable bonds is 2. The number of carbonyl (C=O) groups excluding carboxylic acids is 1. The van der Waals surface area contributed by atoms with Gasteiger partial charge in [-0.3, -0.25) is 9.89 Å². The third-order valence-corrected chi connectivity index (χ3v) is 4.53. The number of phenols is 1. The van der Waals surface area contributed by atoms with Gasteiger partial charge in [-0.1, -0.05) is 42.0 Å². The van der Waals surface area contributed by atoms with Crippen LogP contribution in [0.4, 0.5) is 0 Å². The molecule has 0 fully saturated rings. The van der Waals surface area contributed by atoms with Gasteiger partial charge < -0.3 is 10.0 Å². The molecule has 0 saturated heterocycles. The van der Waals surface area contributed by atoms with Gasteiger partial charge in [0.2, 0.25) is 0 Å². The molecule has 0 radical (unpaired) electrons. The summed E-state index contributed by atoms with van der Waals surface area (Å²) in [5.41, 5.74) is 5.31. The third-order valence-electron chi connectivity index (χ3n) is 4.53. The molecule has 5 nitrogen and oxygen atoms in total. The van der Waals surface area contributed by atoms with E-state index in [0.29, 0.717) is 5.69 Å². The molecule has 2 heterocycles. The lowest BCUT2D eigenvalue weighted by Gasteiger charge is -2.22. The van der Waals surface area contributed by atoms with Gasteiger partial charge in [0.1, 0.15) is 11.4 Å². The second kappa shape index (κ2) is 5.23. The molecule has 1 aliphatic heterocycles. The van der Waals surface area contributed by atoms with Gasteiger partial charge in [0, 0.05) is 18.2 Å². The monoisotopic (exact) mass is 319 g/mol. The van der Waals surface area contributed by atoms with Crippen molar-refractivity contribution in [2.75, 3.05) is 7.05 Å². The van der Waals surface area contributed by atoms with Crippen LogP contribution in [-0.4, -0.2) is 33.2 Å². The summed E-state index contributed by atoms with van der Waals surface area (Å²) in [5.74, 6) is 0.130. The number of aryl methyl sites for hydroxylation is 1.